The Kier molecular flexibility index (Phi) is 31.7. The monoisotopic (exact) mass is 1300 g/mol. The van der Waals surface area contributed by atoms with Crippen molar-refractivity contribution in [1.29, 1.82) is 0 Å². The topological polar surface area (TPSA) is 295 Å². The van der Waals surface area contributed by atoms with Gasteiger partial charge in [0.25, 0.3) is 17.1 Å². The molecule has 0 saturated carbocycles. The number of aromatic amines is 2. The van der Waals surface area contributed by atoms with Gasteiger partial charge < -0.3 is 61.2 Å². The third kappa shape index (κ3) is 21.7. The van der Waals surface area contributed by atoms with E-state index in [2.05, 4.69) is 122 Å². The van der Waals surface area contributed by atoms with Gasteiger partial charge in [-0.2, -0.15) is 0 Å². The van der Waals surface area contributed by atoms with Crippen molar-refractivity contribution in [2.24, 2.45) is 23.7 Å². The quantitative estimate of drug-likeness (QED) is 0.0421. The number of piperidine rings is 2. The molecule has 0 aliphatic carbocycles. The predicted octanol–water partition coefficient (Wildman–Crippen LogP) is 5.61. The maximum absolute atomic E-state index is 13.7. The van der Waals surface area contributed by atoms with Crippen LogP contribution in [-0.4, -0.2) is 151 Å². The van der Waals surface area contributed by atoms with E-state index in [1.54, 1.807) is 20.3 Å². The molecule has 25 heteroatoms. The molecule has 4 saturated heterocycles. The summed E-state index contributed by atoms with van der Waals surface area (Å²) < 4.78 is 29.1. The summed E-state index contributed by atoms with van der Waals surface area (Å²) in [5, 5.41) is 12.9. The summed E-state index contributed by atoms with van der Waals surface area (Å²) in [4.78, 5) is 116. The van der Waals surface area contributed by atoms with Gasteiger partial charge in [0.05, 0.1) is 44.6 Å². The number of carbonyl (C=O) groups is 7. The average Bonchev–Trinajstić information content (AvgIpc) is 1.62. The first-order chi connectivity index (χ1) is 43.6. The molecule has 93 heavy (non-hydrogen) atoms. The Morgan fingerprint density at radius 1 is 0.656 bits per heavy atom. The fourth-order valence-corrected chi connectivity index (χ4v) is 12.6. The molecule has 4 fully saturated rings. The summed E-state index contributed by atoms with van der Waals surface area (Å²) in [6.07, 6.45) is 3.47. The summed E-state index contributed by atoms with van der Waals surface area (Å²) in [5.41, 5.74) is 7.98. The van der Waals surface area contributed by atoms with Crippen LogP contribution in [0.2, 0.25) is 0 Å². The van der Waals surface area contributed by atoms with E-state index in [0.29, 0.717) is 84.4 Å². The Labute approximate surface area is 566 Å². The number of aromatic nitrogens is 4. The van der Waals surface area contributed by atoms with Crippen LogP contribution >= 0.6 is 0 Å². The number of aryl methyl sites for hydroxylation is 2. The van der Waals surface area contributed by atoms with Crippen molar-refractivity contribution in [3.8, 4) is 11.5 Å². The fourth-order valence-electron chi connectivity index (χ4n) is 12.6. The van der Waals surface area contributed by atoms with Crippen molar-refractivity contribution in [3.05, 3.63) is 126 Å². The molecule has 6 atom stereocenters. The van der Waals surface area contributed by atoms with Crippen LogP contribution in [-0.2, 0) is 60.7 Å². The van der Waals surface area contributed by atoms with Crippen LogP contribution in [0.3, 0.4) is 0 Å². The number of nitrogens with zero attached hydrogens (tertiary/aromatic N) is 3. The van der Waals surface area contributed by atoms with E-state index in [9.17, 15) is 38.4 Å². The van der Waals surface area contributed by atoms with Gasteiger partial charge in [-0.25, -0.2) is 19.4 Å². The molecule has 6 unspecified atom stereocenters. The largest absolute Gasteiger partial charge is 1.00 e. The van der Waals surface area contributed by atoms with Gasteiger partial charge in [0.2, 0.25) is 5.97 Å². The summed E-state index contributed by atoms with van der Waals surface area (Å²) in [7, 11) is 7.44. The second-order valence-corrected chi connectivity index (χ2v) is 23.7. The van der Waals surface area contributed by atoms with E-state index in [1.807, 2.05) is 44.2 Å². The molecule has 8 heterocycles. The number of fused-ring (bicyclic) bond motifs is 2. The van der Waals surface area contributed by atoms with Gasteiger partial charge in [0.1, 0.15) is 24.7 Å². The molecule has 4 aliphatic rings. The van der Waals surface area contributed by atoms with Gasteiger partial charge in [-0.05, 0) is 135 Å². The average molecular weight is 1300 g/mol. The molecule has 499 valence electrons. The predicted molar refractivity (Wildman–Crippen MR) is 349 cm³/mol. The van der Waals surface area contributed by atoms with Crippen LogP contribution in [0, 0.1) is 51.4 Å². The molecule has 0 spiro atoms. The molecular formula is C68H91BN6NaO17. The van der Waals surface area contributed by atoms with Crippen molar-refractivity contribution in [3.63, 3.8) is 0 Å². The molecule has 6 aromatic rings. The zero-order chi connectivity index (χ0) is 68.1. The number of ether oxygens (including phenoxy) is 4. The van der Waals surface area contributed by atoms with Crippen molar-refractivity contribution >= 4 is 71.1 Å². The van der Waals surface area contributed by atoms with Crippen LogP contribution in [0.4, 0.5) is 0 Å². The summed E-state index contributed by atoms with van der Waals surface area (Å²) >= 11 is 0. The SMILES string of the molecule is CC(=O)O.CC(=O)OOC(C)=O.COc1cc(C)[nH]c(=O)c1CCC(=O)c1c(C)n(C(C)C2CCN(C3COC3)CC2C)c2ccccc12.COc1cc(C)[nH]c(=O)c1CCC(=O)c1c(C)n(C(C)C2CCNCC2C)c2ccccc12.O=C1COC1.[B-]OC(C)=O.[Na+]. The first-order valence-electron chi connectivity index (χ1n) is 31.0. The number of para-hydroxylation sites is 2. The van der Waals surface area contributed by atoms with E-state index in [4.69, 9.17) is 24.1 Å². The van der Waals surface area contributed by atoms with E-state index in [0.717, 1.165) is 129 Å². The third-order valence-electron chi connectivity index (χ3n) is 17.0. The number of rotatable bonds is 15. The maximum atomic E-state index is 13.7. The Morgan fingerprint density at radius 3 is 1.40 bits per heavy atom. The van der Waals surface area contributed by atoms with Crippen molar-refractivity contribution in [2.75, 3.05) is 66.8 Å². The molecular weight excluding hydrogens is 1210 g/mol. The number of pyridine rings is 2. The number of likely N-dealkylation sites (tertiary alicyclic amines) is 1. The third-order valence-corrected chi connectivity index (χ3v) is 17.0. The van der Waals surface area contributed by atoms with Gasteiger partial charge in [0, 0.05) is 115 Å². The van der Waals surface area contributed by atoms with Crippen LogP contribution < -0.4 is 55.5 Å². The second kappa shape index (κ2) is 37.6. The minimum absolute atomic E-state index is 0. The number of hydrogen-bond donors (Lipinski definition) is 4. The number of nitrogens with one attached hydrogen (secondary N) is 3. The number of carbonyl (C=O) groups excluding carboxylic acids is 6. The number of carboxylic acids is 1. The standard InChI is InChI=1S/C30H39N3O4.C27H35N3O3.C4H6O4.C3H4O2.C2H3BO2.C2H4O2.Na/c1-18-15-32(22-16-37-17-22)13-12-23(18)20(3)33-21(4)29(24-8-6-7-9-26(24)33)27(34)11-10-25-28(36-5)14-19(2)31-30(25)35;1-16-15-28-13-12-20(16)18(3)30-19(4)26(21-8-6-7-9-23(21)30)24(31)11-10-22-25(33-5)14-17(2)29-27(22)32;1-3(5)7-8-4(2)6;4-3-1-5-2-3;1-2(4)5-3;1-2(3)4;/h6-9,14,18,20,22-23H,10-13,15-17H2,1-5H3,(H,31,35);6-9,14,16,18,20,28H,10-13,15H2,1-5H3,(H,29,32);1-2H3;1-2H2;1H3;1H3,(H,3,4);/q;;;;-1;;+1. The molecule has 10 rings (SSSR count). The number of methoxy groups -OCH3 is 2. The normalized spacial score (nSPS) is 18.0. The molecule has 0 bridgehead atoms. The van der Waals surface area contributed by atoms with Crippen LogP contribution in [0.1, 0.15) is 148 Å². The summed E-state index contributed by atoms with van der Waals surface area (Å²) in [6, 6.07) is 21.2. The first kappa shape index (κ1) is 78.3. The van der Waals surface area contributed by atoms with E-state index < -0.39 is 23.9 Å². The van der Waals surface area contributed by atoms with E-state index >= 15 is 0 Å². The van der Waals surface area contributed by atoms with Gasteiger partial charge >= 0.3 is 41.5 Å². The fraction of sp³-hybridized carbons (Fsp3) is 0.515. The molecule has 4 aromatic heterocycles. The van der Waals surface area contributed by atoms with Crippen LogP contribution in [0.15, 0.2) is 70.3 Å². The van der Waals surface area contributed by atoms with E-state index in [-0.39, 0.29) is 76.9 Å². The van der Waals surface area contributed by atoms with Gasteiger partial charge in [0.15, 0.2) is 17.3 Å². The van der Waals surface area contributed by atoms with Crippen LogP contribution in [0.5, 0.6) is 11.5 Å². The number of ketones is 3. The number of hydrogen-bond acceptors (Lipinski definition) is 18. The summed E-state index contributed by atoms with van der Waals surface area (Å²) in [5.74, 6) is 1.07. The van der Waals surface area contributed by atoms with Gasteiger partial charge in [-0.15, -0.1) is 0 Å². The molecule has 0 amide bonds. The van der Waals surface area contributed by atoms with Gasteiger partial charge in [-0.1, -0.05) is 50.2 Å². The zero-order valence-electron chi connectivity index (χ0n) is 56.6. The first-order valence-corrected chi connectivity index (χ1v) is 31.0. The number of carboxylic acid groups (broad SMARTS) is 1. The van der Waals surface area contributed by atoms with Gasteiger partial charge in [-0.3, -0.25) is 38.5 Å². The zero-order valence-corrected chi connectivity index (χ0v) is 58.6. The maximum Gasteiger partial charge on any atom is 1.00 e. The molecule has 2 aromatic carbocycles. The summed E-state index contributed by atoms with van der Waals surface area (Å²) in [6.45, 7) is 28.4. The Balaban J connectivity index is 0.000000298. The van der Waals surface area contributed by atoms with Crippen LogP contribution in [0.25, 0.3) is 21.8 Å². The number of Topliss-reactive ketones (excluding diaryl/α,β-unsaturated/α-hetero) is 3. The molecule has 4 aliphatic heterocycles. The van der Waals surface area contributed by atoms with E-state index in [1.165, 1.54) is 6.92 Å². The minimum atomic E-state index is -0.833. The Bertz CT molecular complexity index is 3630. The minimum Gasteiger partial charge on any atom is -0.793 e. The molecule has 3 radical (unpaired) electrons. The van der Waals surface area contributed by atoms with Crippen molar-refractivity contribution in [2.45, 2.75) is 140 Å². The number of benzene rings is 2. The number of aliphatic carboxylic acids is 1. The smallest absolute Gasteiger partial charge is 0.793 e. The van der Waals surface area contributed by atoms with Crippen molar-refractivity contribution < 1.29 is 102 Å². The molecule has 4 N–H and O–H groups in total. The van der Waals surface area contributed by atoms with Crippen molar-refractivity contribution in [1.82, 2.24) is 29.3 Å². The second-order valence-electron chi connectivity index (χ2n) is 23.7. The Hall–Kier alpha value is -7.19. The molecule has 23 nitrogen and oxygen atoms in total. The Morgan fingerprint density at radius 2 is 1.06 bits per heavy atom. The number of H-pyrrole nitrogens is 2.